The van der Waals surface area contributed by atoms with Crippen molar-refractivity contribution in [1.29, 1.82) is 0 Å². The van der Waals surface area contributed by atoms with Gasteiger partial charge in [0.25, 0.3) is 0 Å². The molecule has 1 N–H and O–H groups in total. The van der Waals surface area contributed by atoms with E-state index in [9.17, 15) is 4.79 Å². The Labute approximate surface area is 94.6 Å². The summed E-state index contributed by atoms with van der Waals surface area (Å²) >= 11 is 0. The molecule has 0 radical (unpaired) electrons. The molecule has 1 fully saturated rings. The summed E-state index contributed by atoms with van der Waals surface area (Å²) in [6.45, 7) is 4.84. The maximum absolute atomic E-state index is 11.0. The summed E-state index contributed by atoms with van der Waals surface area (Å²) < 4.78 is 10.9. The Kier molecular flexibility index (Phi) is 2.80. The average molecular weight is 227 g/mol. The van der Waals surface area contributed by atoms with Crippen LogP contribution in [0.2, 0.25) is 0 Å². The summed E-state index contributed by atoms with van der Waals surface area (Å²) in [5.41, 5.74) is 0.823. The van der Waals surface area contributed by atoms with E-state index in [2.05, 4.69) is 0 Å². The predicted octanol–water partition coefficient (Wildman–Crippen LogP) is 1.16. The Balaban J connectivity index is 2.08. The first-order chi connectivity index (χ1) is 7.49. The van der Waals surface area contributed by atoms with Crippen molar-refractivity contribution in [2.24, 2.45) is 0 Å². The molecule has 0 aromatic rings. The lowest BCUT2D eigenvalue weighted by molar-refractivity contribution is -0.194. The molecule has 0 spiro atoms. The Morgan fingerprint density at radius 3 is 2.94 bits per heavy atom. The molecule has 0 aliphatic carbocycles. The first-order valence-corrected chi connectivity index (χ1v) is 5.50. The number of ether oxygens (including phenoxy) is 2. The van der Waals surface area contributed by atoms with Crippen LogP contribution in [0.25, 0.3) is 0 Å². The van der Waals surface area contributed by atoms with Crippen LogP contribution < -0.4 is 0 Å². The molecule has 5 nitrogen and oxygen atoms in total. The summed E-state index contributed by atoms with van der Waals surface area (Å²) in [5, 5.41) is 9.07. The smallest absolute Gasteiger partial charge is 0.326 e. The molecule has 2 rings (SSSR count). The van der Waals surface area contributed by atoms with Gasteiger partial charge in [-0.1, -0.05) is 0 Å². The van der Waals surface area contributed by atoms with Crippen molar-refractivity contribution < 1.29 is 19.4 Å². The van der Waals surface area contributed by atoms with E-state index in [1.54, 1.807) is 6.26 Å². The second kappa shape index (κ2) is 3.97. The van der Waals surface area contributed by atoms with Crippen molar-refractivity contribution in [2.75, 3.05) is 13.2 Å². The van der Waals surface area contributed by atoms with E-state index in [-0.39, 0.29) is 0 Å². The fourth-order valence-corrected chi connectivity index (χ4v) is 2.04. The van der Waals surface area contributed by atoms with Gasteiger partial charge in [-0.2, -0.15) is 0 Å². The van der Waals surface area contributed by atoms with Crippen LogP contribution >= 0.6 is 0 Å². The second-order valence-electron chi connectivity index (χ2n) is 4.61. The molecule has 16 heavy (non-hydrogen) atoms. The van der Waals surface area contributed by atoms with Gasteiger partial charge in [-0.15, -0.1) is 0 Å². The molecule has 1 saturated heterocycles. The normalized spacial score (nSPS) is 28.5. The number of hydrogen-bond acceptors (Lipinski definition) is 4. The molecular formula is C11H17NO4. The van der Waals surface area contributed by atoms with E-state index in [1.807, 2.05) is 18.7 Å². The molecule has 1 atom stereocenters. The van der Waals surface area contributed by atoms with Crippen molar-refractivity contribution in [3.63, 3.8) is 0 Å². The summed E-state index contributed by atoms with van der Waals surface area (Å²) in [4.78, 5) is 12.9. The van der Waals surface area contributed by atoms with Crippen LogP contribution in [0.3, 0.4) is 0 Å². The van der Waals surface area contributed by atoms with Crippen molar-refractivity contribution in [3.05, 3.63) is 12.0 Å². The minimum atomic E-state index is -0.775. The van der Waals surface area contributed by atoms with Gasteiger partial charge in [0.2, 0.25) is 5.79 Å². The molecule has 0 unspecified atom stereocenters. The van der Waals surface area contributed by atoms with Gasteiger partial charge in [0.15, 0.2) is 0 Å². The molecule has 2 aliphatic heterocycles. The van der Waals surface area contributed by atoms with Crippen molar-refractivity contribution in [2.45, 2.75) is 38.5 Å². The third-order valence-corrected chi connectivity index (χ3v) is 2.95. The minimum Gasteiger partial charge on any atom is -0.480 e. The van der Waals surface area contributed by atoms with Gasteiger partial charge in [-0.25, -0.2) is 4.79 Å². The van der Waals surface area contributed by atoms with Crippen molar-refractivity contribution >= 4 is 5.97 Å². The van der Waals surface area contributed by atoms with E-state index < -0.39 is 17.8 Å². The Morgan fingerprint density at radius 1 is 1.62 bits per heavy atom. The molecule has 0 aromatic heterocycles. The number of carboxylic acids is 1. The van der Waals surface area contributed by atoms with Crippen LogP contribution in [-0.4, -0.2) is 41.0 Å². The Bertz CT molecular complexity index is 324. The predicted molar refractivity (Wildman–Crippen MR) is 56.6 cm³/mol. The minimum absolute atomic E-state index is 0.413. The van der Waals surface area contributed by atoms with Crippen LogP contribution in [0, 0.1) is 0 Å². The highest BCUT2D eigenvalue weighted by atomic mass is 16.7. The molecule has 2 aliphatic rings. The van der Waals surface area contributed by atoms with E-state index in [1.165, 1.54) is 0 Å². The van der Waals surface area contributed by atoms with Crippen LogP contribution in [0.4, 0.5) is 0 Å². The lowest BCUT2D eigenvalue weighted by atomic mass is 10.2. The summed E-state index contributed by atoms with van der Waals surface area (Å²) in [6.07, 6.45) is 3.22. The van der Waals surface area contributed by atoms with E-state index >= 15 is 0 Å². The monoisotopic (exact) mass is 227 g/mol. The van der Waals surface area contributed by atoms with Crippen molar-refractivity contribution in [3.8, 4) is 0 Å². The molecule has 2 heterocycles. The Hall–Kier alpha value is -1.23. The molecule has 0 amide bonds. The Morgan fingerprint density at radius 2 is 2.38 bits per heavy atom. The third kappa shape index (κ3) is 2.14. The number of likely N-dealkylation sites (tertiary alicyclic amines) is 1. The first-order valence-electron chi connectivity index (χ1n) is 5.50. The summed E-state index contributed by atoms with van der Waals surface area (Å²) in [6, 6.07) is -0.431. The van der Waals surface area contributed by atoms with Crippen molar-refractivity contribution in [1.82, 2.24) is 4.90 Å². The van der Waals surface area contributed by atoms with Gasteiger partial charge in [-0.05, 0) is 12.8 Å². The van der Waals surface area contributed by atoms with Crippen LogP contribution in [0.15, 0.2) is 12.0 Å². The van der Waals surface area contributed by atoms with Gasteiger partial charge >= 0.3 is 5.97 Å². The largest absolute Gasteiger partial charge is 0.480 e. The molecule has 0 aromatic carbocycles. The maximum atomic E-state index is 11.0. The van der Waals surface area contributed by atoms with E-state index in [0.717, 1.165) is 18.7 Å². The highest BCUT2D eigenvalue weighted by Gasteiger charge is 2.34. The zero-order valence-electron chi connectivity index (χ0n) is 9.60. The molecule has 90 valence electrons. The van der Waals surface area contributed by atoms with Crippen LogP contribution in [0.5, 0.6) is 0 Å². The lowest BCUT2D eigenvalue weighted by Crippen LogP contribution is -2.41. The average Bonchev–Trinajstić information content (AvgIpc) is 2.66. The summed E-state index contributed by atoms with van der Waals surface area (Å²) in [7, 11) is 0. The maximum Gasteiger partial charge on any atom is 0.326 e. The second-order valence-corrected chi connectivity index (χ2v) is 4.61. The van der Waals surface area contributed by atoms with E-state index in [0.29, 0.717) is 13.0 Å². The fourth-order valence-electron chi connectivity index (χ4n) is 2.04. The number of nitrogens with zero attached hydrogens (tertiary/aromatic N) is 1. The summed E-state index contributed by atoms with van der Waals surface area (Å²) in [5.74, 6) is -1.38. The van der Waals surface area contributed by atoms with Gasteiger partial charge in [0, 0.05) is 20.4 Å². The molecular weight excluding hydrogens is 210 g/mol. The molecule has 5 heteroatoms. The molecule has 0 saturated carbocycles. The number of rotatable bonds is 2. The fraction of sp³-hybridized carbons (Fsp3) is 0.727. The van der Waals surface area contributed by atoms with Gasteiger partial charge < -0.3 is 19.5 Å². The van der Waals surface area contributed by atoms with E-state index in [4.69, 9.17) is 14.6 Å². The zero-order valence-corrected chi connectivity index (χ0v) is 9.60. The highest BCUT2D eigenvalue weighted by molar-refractivity contribution is 5.74. The third-order valence-electron chi connectivity index (χ3n) is 2.95. The SMILES string of the molecule is CC1(C)OC=C(N2CCC[C@H]2C(=O)O)CO1. The van der Waals surface area contributed by atoms with Crippen LogP contribution in [-0.2, 0) is 14.3 Å². The number of hydrogen-bond donors (Lipinski definition) is 1. The van der Waals surface area contributed by atoms with Gasteiger partial charge in [0.1, 0.15) is 12.3 Å². The highest BCUT2D eigenvalue weighted by Crippen LogP contribution is 2.27. The quantitative estimate of drug-likeness (QED) is 0.767. The van der Waals surface area contributed by atoms with Crippen LogP contribution in [0.1, 0.15) is 26.7 Å². The number of carbonyl (C=O) groups is 1. The lowest BCUT2D eigenvalue weighted by Gasteiger charge is -2.34. The zero-order chi connectivity index (χ0) is 11.8. The van der Waals surface area contributed by atoms with Gasteiger partial charge in [-0.3, -0.25) is 0 Å². The topological polar surface area (TPSA) is 59.0 Å². The van der Waals surface area contributed by atoms with Gasteiger partial charge in [0.05, 0.1) is 12.3 Å². The standard InChI is InChI=1S/C11H17NO4/c1-11(2)15-6-8(7-16-11)12-5-3-4-9(12)10(13)14/h6,9H,3-5,7H2,1-2H3,(H,13,14)/t9-/m0/s1. The number of carboxylic acid groups (broad SMARTS) is 1. The number of aliphatic carboxylic acids is 1. The molecule has 0 bridgehead atoms. The first kappa shape index (κ1) is 11.3.